The van der Waals surface area contributed by atoms with E-state index in [-0.39, 0.29) is 5.91 Å². The van der Waals surface area contributed by atoms with E-state index >= 15 is 0 Å². The molecular formula is C13H7BrCl3NO. The summed E-state index contributed by atoms with van der Waals surface area (Å²) in [4.78, 5) is 12.1. The van der Waals surface area contributed by atoms with E-state index in [2.05, 4.69) is 21.2 Å². The van der Waals surface area contributed by atoms with Gasteiger partial charge in [-0.15, -0.1) is 0 Å². The molecule has 6 heteroatoms. The Kier molecular flexibility index (Phi) is 4.74. The highest BCUT2D eigenvalue weighted by atomic mass is 79.9. The molecule has 2 nitrogen and oxygen atoms in total. The number of benzene rings is 2. The van der Waals surface area contributed by atoms with Gasteiger partial charge in [-0.2, -0.15) is 0 Å². The summed E-state index contributed by atoms with van der Waals surface area (Å²) in [5.74, 6) is -0.290. The first-order valence-corrected chi connectivity index (χ1v) is 7.10. The van der Waals surface area contributed by atoms with Crippen LogP contribution in [0.3, 0.4) is 0 Å². The smallest absolute Gasteiger partial charge is 0.255 e. The van der Waals surface area contributed by atoms with Gasteiger partial charge in [-0.3, -0.25) is 4.79 Å². The van der Waals surface area contributed by atoms with Crippen molar-refractivity contribution in [3.8, 4) is 0 Å². The predicted molar refractivity (Wildman–Crippen MR) is 83.6 cm³/mol. The first-order chi connectivity index (χ1) is 8.94. The Hall–Kier alpha value is -0.740. The van der Waals surface area contributed by atoms with E-state index in [1.54, 1.807) is 36.4 Å². The molecule has 0 unspecified atom stereocenters. The van der Waals surface area contributed by atoms with Crippen LogP contribution in [-0.2, 0) is 0 Å². The molecule has 0 atom stereocenters. The lowest BCUT2D eigenvalue weighted by molar-refractivity contribution is 0.102. The van der Waals surface area contributed by atoms with E-state index in [1.165, 1.54) is 0 Å². The fourth-order valence-electron chi connectivity index (χ4n) is 1.51. The van der Waals surface area contributed by atoms with Crippen molar-refractivity contribution in [3.05, 3.63) is 61.5 Å². The molecule has 0 aliphatic rings. The molecule has 0 bridgehead atoms. The van der Waals surface area contributed by atoms with Gasteiger partial charge in [0, 0.05) is 30.8 Å². The molecule has 0 spiro atoms. The Labute approximate surface area is 133 Å². The molecule has 0 aliphatic heterocycles. The number of amides is 1. The first kappa shape index (κ1) is 14.7. The quantitative estimate of drug-likeness (QED) is 0.716. The molecule has 98 valence electrons. The number of anilines is 1. The monoisotopic (exact) mass is 377 g/mol. The van der Waals surface area contributed by atoms with Crippen molar-refractivity contribution in [2.75, 3.05) is 5.32 Å². The highest BCUT2D eigenvalue weighted by Gasteiger charge is 2.09. The summed E-state index contributed by atoms with van der Waals surface area (Å²) in [6.45, 7) is 0. The normalized spacial score (nSPS) is 10.3. The van der Waals surface area contributed by atoms with Crippen molar-refractivity contribution in [2.24, 2.45) is 0 Å². The molecular weight excluding hydrogens is 372 g/mol. The summed E-state index contributed by atoms with van der Waals surface area (Å²) in [7, 11) is 0. The van der Waals surface area contributed by atoms with Crippen molar-refractivity contribution >= 4 is 62.3 Å². The number of hydrogen-bond donors (Lipinski definition) is 1. The van der Waals surface area contributed by atoms with Crippen molar-refractivity contribution in [3.63, 3.8) is 0 Å². The summed E-state index contributed by atoms with van der Waals surface area (Å²) in [5, 5.41) is 4.09. The Morgan fingerprint density at radius 2 is 1.47 bits per heavy atom. The van der Waals surface area contributed by atoms with Gasteiger partial charge in [0.25, 0.3) is 5.91 Å². The predicted octanol–water partition coefficient (Wildman–Crippen LogP) is 5.66. The maximum absolute atomic E-state index is 12.1. The van der Waals surface area contributed by atoms with Crippen LogP contribution < -0.4 is 5.32 Å². The van der Waals surface area contributed by atoms with E-state index in [1.807, 2.05) is 0 Å². The van der Waals surface area contributed by atoms with Crippen LogP contribution in [0.2, 0.25) is 15.1 Å². The van der Waals surface area contributed by atoms with Gasteiger partial charge in [-0.25, -0.2) is 0 Å². The second-order valence-electron chi connectivity index (χ2n) is 3.77. The van der Waals surface area contributed by atoms with Crippen molar-refractivity contribution in [1.29, 1.82) is 0 Å². The second kappa shape index (κ2) is 6.14. The van der Waals surface area contributed by atoms with Crippen LogP contribution in [0, 0.1) is 0 Å². The fourth-order valence-corrected chi connectivity index (χ4v) is 2.90. The van der Waals surface area contributed by atoms with Gasteiger partial charge in [-0.05, 0) is 36.4 Å². The van der Waals surface area contributed by atoms with E-state index < -0.39 is 0 Å². The summed E-state index contributed by atoms with van der Waals surface area (Å²) < 4.78 is 0.731. The van der Waals surface area contributed by atoms with Crippen LogP contribution in [0.25, 0.3) is 0 Å². The molecule has 0 aromatic heterocycles. The van der Waals surface area contributed by atoms with Crippen molar-refractivity contribution in [1.82, 2.24) is 0 Å². The molecule has 2 aromatic carbocycles. The largest absolute Gasteiger partial charge is 0.322 e. The number of carbonyl (C=O) groups excluding carboxylic acids is 1. The molecule has 2 rings (SSSR count). The van der Waals surface area contributed by atoms with E-state index in [0.717, 1.165) is 4.47 Å². The van der Waals surface area contributed by atoms with Gasteiger partial charge < -0.3 is 5.32 Å². The number of hydrogen-bond acceptors (Lipinski definition) is 1. The Morgan fingerprint density at radius 1 is 0.895 bits per heavy atom. The van der Waals surface area contributed by atoms with E-state index in [9.17, 15) is 4.79 Å². The molecule has 2 aromatic rings. The third-order valence-electron chi connectivity index (χ3n) is 2.25. The third-order valence-corrected chi connectivity index (χ3v) is 3.36. The molecule has 0 aliphatic carbocycles. The van der Waals surface area contributed by atoms with Gasteiger partial charge in [0.15, 0.2) is 0 Å². The zero-order valence-corrected chi connectivity index (χ0v) is 13.2. The lowest BCUT2D eigenvalue weighted by Crippen LogP contribution is -2.11. The van der Waals surface area contributed by atoms with Gasteiger partial charge in [-0.1, -0.05) is 50.7 Å². The van der Waals surface area contributed by atoms with Crippen molar-refractivity contribution in [2.45, 2.75) is 0 Å². The maximum atomic E-state index is 12.1. The summed E-state index contributed by atoms with van der Waals surface area (Å²) in [6, 6.07) is 9.78. The molecule has 1 amide bonds. The highest BCUT2D eigenvalue weighted by molar-refractivity contribution is 9.10. The second-order valence-corrected chi connectivity index (χ2v) is 6.00. The van der Waals surface area contributed by atoms with Gasteiger partial charge in [0.1, 0.15) is 0 Å². The van der Waals surface area contributed by atoms with Crippen LogP contribution in [-0.4, -0.2) is 5.91 Å². The van der Waals surface area contributed by atoms with Crippen LogP contribution in [0.5, 0.6) is 0 Å². The minimum Gasteiger partial charge on any atom is -0.322 e. The zero-order chi connectivity index (χ0) is 14.0. The summed E-state index contributed by atoms with van der Waals surface area (Å²) in [5.41, 5.74) is 0.967. The minimum absolute atomic E-state index is 0.290. The standard InChI is InChI=1S/C13H7BrCl3NO/c14-8-1-7(2-9(15)3-8)13(19)18-12-5-10(16)4-11(17)6-12/h1-6H,(H,18,19). The molecule has 0 fully saturated rings. The number of rotatable bonds is 2. The number of carbonyl (C=O) groups is 1. The maximum Gasteiger partial charge on any atom is 0.255 e. The van der Waals surface area contributed by atoms with Gasteiger partial charge in [0.05, 0.1) is 0 Å². The van der Waals surface area contributed by atoms with E-state index in [4.69, 9.17) is 34.8 Å². The molecule has 0 radical (unpaired) electrons. The van der Waals surface area contributed by atoms with Gasteiger partial charge in [0.2, 0.25) is 0 Å². The molecule has 0 saturated heterocycles. The zero-order valence-electron chi connectivity index (χ0n) is 9.38. The average molecular weight is 379 g/mol. The number of nitrogens with one attached hydrogen (secondary N) is 1. The van der Waals surface area contributed by atoms with Crippen LogP contribution in [0.1, 0.15) is 10.4 Å². The number of halogens is 4. The van der Waals surface area contributed by atoms with Crippen LogP contribution in [0.4, 0.5) is 5.69 Å². The Balaban J connectivity index is 2.25. The topological polar surface area (TPSA) is 29.1 Å². The first-order valence-electron chi connectivity index (χ1n) is 5.17. The molecule has 0 saturated carbocycles. The van der Waals surface area contributed by atoms with Gasteiger partial charge >= 0.3 is 0 Å². The lowest BCUT2D eigenvalue weighted by atomic mass is 10.2. The fraction of sp³-hybridized carbons (Fsp3) is 0. The SMILES string of the molecule is O=C(Nc1cc(Cl)cc(Cl)c1)c1cc(Cl)cc(Br)c1. The van der Waals surface area contributed by atoms with Crippen LogP contribution >= 0.6 is 50.7 Å². The Bertz CT molecular complexity index is 605. The third kappa shape index (κ3) is 4.11. The molecule has 19 heavy (non-hydrogen) atoms. The lowest BCUT2D eigenvalue weighted by Gasteiger charge is -2.07. The van der Waals surface area contributed by atoms with E-state index in [0.29, 0.717) is 26.3 Å². The Morgan fingerprint density at radius 3 is 2.05 bits per heavy atom. The average Bonchev–Trinajstić information content (AvgIpc) is 2.25. The summed E-state index contributed by atoms with van der Waals surface area (Å²) >= 11 is 20.9. The minimum atomic E-state index is -0.290. The molecule has 0 heterocycles. The van der Waals surface area contributed by atoms with Crippen molar-refractivity contribution < 1.29 is 4.79 Å². The molecule has 1 N–H and O–H groups in total. The highest BCUT2D eigenvalue weighted by Crippen LogP contribution is 2.24. The summed E-state index contributed by atoms with van der Waals surface area (Å²) in [6.07, 6.45) is 0. The van der Waals surface area contributed by atoms with Crippen LogP contribution in [0.15, 0.2) is 40.9 Å².